The lowest BCUT2D eigenvalue weighted by molar-refractivity contribution is -0.385. The van der Waals surface area contributed by atoms with Crippen LogP contribution in [-0.4, -0.2) is 31.1 Å². The molecule has 26 heavy (non-hydrogen) atoms. The molecule has 1 aromatic carbocycles. The maximum absolute atomic E-state index is 12.4. The molecular formula is C16H12Br2N2O6. The van der Waals surface area contributed by atoms with Crippen LogP contribution in [0, 0.1) is 10.1 Å². The summed E-state index contributed by atoms with van der Waals surface area (Å²) in [5.74, 6) is -1.50. The highest BCUT2D eigenvalue weighted by Crippen LogP contribution is 2.39. The Morgan fingerprint density at radius 1 is 1.08 bits per heavy atom. The molecule has 2 rings (SSSR count). The van der Waals surface area contributed by atoms with Crippen molar-refractivity contribution in [3.05, 3.63) is 66.9 Å². The summed E-state index contributed by atoms with van der Waals surface area (Å²) in [6.45, 7) is 0. The highest BCUT2D eigenvalue weighted by atomic mass is 79.9. The van der Waals surface area contributed by atoms with Crippen molar-refractivity contribution in [3.8, 4) is 0 Å². The van der Waals surface area contributed by atoms with E-state index < -0.39 is 16.9 Å². The van der Waals surface area contributed by atoms with Gasteiger partial charge in [0.2, 0.25) is 0 Å². The Kier molecular flexibility index (Phi) is 6.32. The van der Waals surface area contributed by atoms with Crippen molar-refractivity contribution in [2.45, 2.75) is 0 Å². The zero-order valence-electron chi connectivity index (χ0n) is 13.6. The number of nitro groups is 1. The average molecular weight is 488 g/mol. The van der Waals surface area contributed by atoms with Crippen molar-refractivity contribution < 1.29 is 24.0 Å². The van der Waals surface area contributed by atoms with Crippen molar-refractivity contribution >= 4 is 55.2 Å². The van der Waals surface area contributed by atoms with Gasteiger partial charge in [-0.2, -0.15) is 0 Å². The van der Waals surface area contributed by atoms with Gasteiger partial charge in [0.25, 0.3) is 5.69 Å². The van der Waals surface area contributed by atoms with Gasteiger partial charge in [-0.05, 0) is 50.1 Å². The lowest BCUT2D eigenvalue weighted by Gasteiger charge is -2.24. The minimum absolute atomic E-state index is 0.0225. The number of hydrogen-bond donors (Lipinski definition) is 0. The molecule has 8 nitrogen and oxygen atoms in total. The molecule has 0 saturated heterocycles. The molecule has 0 spiro atoms. The SMILES string of the molecule is COC(=O)C1=C(C(=O)OC)N(c2cc(Br)c([N+](=O)[O-])cc2Br)C=CC=C1. The molecule has 136 valence electrons. The van der Waals surface area contributed by atoms with Gasteiger partial charge < -0.3 is 14.4 Å². The number of methoxy groups -OCH3 is 2. The van der Waals surface area contributed by atoms with E-state index in [4.69, 9.17) is 9.47 Å². The number of carbonyl (C=O) groups is 2. The molecule has 0 amide bonds. The van der Waals surface area contributed by atoms with E-state index in [1.807, 2.05) is 0 Å². The third-order valence-corrected chi connectivity index (χ3v) is 4.63. The van der Waals surface area contributed by atoms with Crippen LogP contribution in [0.25, 0.3) is 0 Å². The number of hydrogen-bond acceptors (Lipinski definition) is 7. The van der Waals surface area contributed by atoms with Gasteiger partial charge >= 0.3 is 11.9 Å². The van der Waals surface area contributed by atoms with Gasteiger partial charge in [0, 0.05) is 16.7 Å². The standard InChI is InChI=1S/C16H12Br2N2O6/c1-25-15(21)9-5-3-4-6-19(14(9)16(22)26-2)12-7-11(18)13(20(23)24)8-10(12)17/h3-8H,1-2H3. The van der Waals surface area contributed by atoms with Gasteiger partial charge in [-0.1, -0.05) is 6.08 Å². The largest absolute Gasteiger partial charge is 0.465 e. The summed E-state index contributed by atoms with van der Waals surface area (Å²) in [6, 6.07) is 2.74. The molecule has 0 bridgehead atoms. The first-order valence-electron chi connectivity index (χ1n) is 7.00. The average Bonchev–Trinajstić information content (AvgIpc) is 2.84. The number of nitrogens with zero attached hydrogens (tertiary/aromatic N) is 2. The van der Waals surface area contributed by atoms with Crippen molar-refractivity contribution in [1.29, 1.82) is 0 Å². The van der Waals surface area contributed by atoms with Crippen LogP contribution in [0.1, 0.15) is 0 Å². The zero-order valence-corrected chi connectivity index (χ0v) is 16.7. The highest BCUT2D eigenvalue weighted by molar-refractivity contribution is 9.11. The number of anilines is 1. The Morgan fingerprint density at radius 2 is 1.73 bits per heavy atom. The topological polar surface area (TPSA) is 99.0 Å². The minimum atomic E-state index is -0.775. The Balaban J connectivity index is 2.73. The molecule has 10 heteroatoms. The van der Waals surface area contributed by atoms with Gasteiger partial charge in [0.1, 0.15) is 5.70 Å². The Labute approximate surface area is 165 Å². The van der Waals surface area contributed by atoms with E-state index in [9.17, 15) is 19.7 Å². The van der Waals surface area contributed by atoms with E-state index in [2.05, 4.69) is 31.9 Å². The summed E-state index contributed by atoms with van der Waals surface area (Å²) >= 11 is 6.42. The number of esters is 2. The minimum Gasteiger partial charge on any atom is -0.465 e. The highest BCUT2D eigenvalue weighted by Gasteiger charge is 2.29. The van der Waals surface area contributed by atoms with Gasteiger partial charge in [-0.25, -0.2) is 9.59 Å². The number of carbonyl (C=O) groups excluding carboxylic acids is 2. The van der Waals surface area contributed by atoms with E-state index in [0.717, 1.165) is 0 Å². The molecule has 1 aromatic rings. The quantitative estimate of drug-likeness (QED) is 0.363. The molecule has 0 saturated carbocycles. The van der Waals surface area contributed by atoms with E-state index >= 15 is 0 Å². The third-order valence-electron chi connectivity index (χ3n) is 3.36. The Morgan fingerprint density at radius 3 is 2.31 bits per heavy atom. The van der Waals surface area contributed by atoms with Crippen molar-refractivity contribution in [1.82, 2.24) is 0 Å². The maximum Gasteiger partial charge on any atom is 0.355 e. The maximum atomic E-state index is 12.4. The smallest absolute Gasteiger partial charge is 0.355 e. The summed E-state index contributed by atoms with van der Waals surface area (Å²) in [5, 5.41) is 11.1. The molecule has 0 fully saturated rings. The Hall–Kier alpha value is -2.46. The first kappa shape index (κ1) is 19.9. The van der Waals surface area contributed by atoms with E-state index in [1.165, 1.54) is 43.5 Å². The van der Waals surface area contributed by atoms with Crippen LogP contribution in [0.4, 0.5) is 11.4 Å². The molecule has 1 aliphatic rings. The van der Waals surface area contributed by atoms with E-state index in [-0.39, 0.29) is 21.4 Å². The Bertz CT molecular complexity index is 876. The molecule has 0 aromatic heterocycles. The second kappa shape index (κ2) is 8.28. The van der Waals surface area contributed by atoms with Gasteiger partial charge in [0.05, 0.1) is 34.9 Å². The number of benzene rings is 1. The lowest BCUT2D eigenvalue weighted by Crippen LogP contribution is -2.27. The van der Waals surface area contributed by atoms with Crippen LogP contribution in [0.2, 0.25) is 0 Å². The normalized spacial score (nSPS) is 13.5. The van der Waals surface area contributed by atoms with E-state index in [0.29, 0.717) is 10.2 Å². The summed E-state index contributed by atoms with van der Waals surface area (Å²) < 4.78 is 10.1. The van der Waals surface area contributed by atoms with Gasteiger partial charge in [0.15, 0.2) is 0 Å². The lowest BCUT2D eigenvalue weighted by atomic mass is 10.1. The molecule has 0 atom stereocenters. The molecule has 0 radical (unpaired) electrons. The number of allylic oxidation sites excluding steroid dienone is 2. The number of ether oxygens (including phenoxy) is 2. The second-order valence-corrected chi connectivity index (χ2v) is 6.54. The molecule has 0 aliphatic carbocycles. The predicted octanol–water partition coefficient (Wildman–Crippen LogP) is 3.61. The molecular weight excluding hydrogens is 476 g/mol. The molecule has 1 aliphatic heterocycles. The molecule has 0 N–H and O–H groups in total. The van der Waals surface area contributed by atoms with E-state index in [1.54, 1.807) is 12.2 Å². The first-order chi connectivity index (χ1) is 12.3. The summed E-state index contributed by atoms with van der Waals surface area (Å²) in [7, 11) is 2.38. The summed E-state index contributed by atoms with van der Waals surface area (Å²) in [6.07, 6.45) is 6.10. The second-order valence-electron chi connectivity index (χ2n) is 4.83. The fourth-order valence-electron chi connectivity index (χ4n) is 2.20. The first-order valence-corrected chi connectivity index (χ1v) is 8.58. The zero-order chi connectivity index (χ0) is 19.4. The predicted molar refractivity (Wildman–Crippen MR) is 100 cm³/mol. The summed E-state index contributed by atoms with van der Waals surface area (Å²) in [5.41, 5.74) is 0.107. The van der Waals surface area contributed by atoms with Crippen LogP contribution >= 0.6 is 31.9 Å². The van der Waals surface area contributed by atoms with Crippen LogP contribution in [-0.2, 0) is 19.1 Å². The van der Waals surface area contributed by atoms with Crippen molar-refractivity contribution in [2.24, 2.45) is 0 Å². The number of rotatable bonds is 4. The van der Waals surface area contributed by atoms with Crippen molar-refractivity contribution in [3.63, 3.8) is 0 Å². The summed E-state index contributed by atoms with van der Waals surface area (Å²) in [4.78, 5) is 36.4. The fraction of sp³-hybridized carbons (Fsp3) is 0.125. The molecule has 0 unspecified atom stereocenters. The fourth-order valence-corrected chi connectivity index (χ4v) is 3.20. The van der Waals surface area contributed by atoms with Gasteiger partial charge in [-0.15, -0.1) is 0 Å². The molecule has 1 heterocycles. The third kappa shape index (κ3) is 3.86. The van der Waals surface area contributed by atoms with Crippen LogP contribution in [0.15, 0.2) is 56.8 Å². The van der Waals surface area contributed by atoms with Crippen LogP contribution in [0.3, 0.4) is 0 Å². The number of nitro benzene ring substituents is 1. The van der Waals surface area contributed by atoms with Crippen LogP contribution in [0.5, 0.6) is 0 Å². The van der Waals surface area contributed by atoms with Crippen molar-refractivity contribution in [2.75, 3.05) is 19.1 Å². The number of halogens is 2. The monoisotopic (exact) mass is 486 g/mol. The van der Waals surface area contributed by atoms with Crippen LogP contribution < -0.4 is 4.90 Å². The van der Waals surface area contributed by atoms with Gasteiger partial charge in [-0.3, -0.25) is 10.1 Å².